The van der Waals surface area contributed by atoms with Crippen LogP contribution in [-0.4, -0.2) is 35.8 Å². The molecule has 0 spiro atoms. The van der Waals surface area contributed by atoms with Crippen LogP contribution >= 0.6 is 11.6 Å². The van der Waals surface area contributed by atoms with Gasteiger partial charge in [-0.2, -0.15) is 13.2 Å². The van der Waals surface area contributed by atoms with Crippen LogP contribution in [0.15, 0.2) is 11.1 Å². The molecule has 0 aromatic carbocycles. The number of hydrogen-bond donors (Lipinski definition) is 0. The van der Waals surface area contributed by atoms with Gasteiger partial charge in [-0.1, -0.05) is 17.7 Å². The van der Waals surface area contributed by atoms with Crippen LogP contribution in [0.3, 0.4) is 0 Å². The highest BCUT2D eigenvalue weighted by Gasteiger charge is 2.40. The van der Waals surface area contributed by atoms with E-state index in [9.17, 15) is 22.2 Å². The maximum Gasteiger partial charge on any atom is 0.490 e. The van der Waals surface area contributed by atoms with Gasteiger partial charge in [0.25, 0.3) is 0 Å². The lowest BCUT2D eigenvalue weighted by Gasteiger charge is -2.05. The minimum atomic E-state index is -4.99. The molecular weight excluding hydrogens is 285 g/mol. The molecule has 9 heteroatoms. The minimum absolute atomic E-state index is 0.00156. The van der Waals surface area contributed by atoms with E-state index in [2.05, 4.69) is 8.92 Å². The first-order chi connectivity index (χ1) is 7.77. The number of hydrogen-bond acceptors (Lipinski definition) is 4. The fourth-order valence-corrected chi connectivity index (χ4v) is 1.52. The Balaban J connectivity index is 3.88. The van der Waals surface area contributed by atoms with Gasteiger partial charge in [0.05, 0.1) is 19.5 Å². The highest BCUT2D eigenvalue weighted by molar-refractivity contribution is 7.80. The minimum Gasteiger partial charge on any atom is -0.459 e. The Morgan fingerprint density at radius 1 is 1.47 bits per heavy atom. The molecule has 0 aromatic rings. The summed E-state index contributed by atoms with van der Waals surface area (Å²) in [6, 6.07) is 0. The van der Waals surface area contributed by atoms with Gasteiger partial charge in [0, 0.05) is 11.5 Å². The summed E-state index contributed by atoms with van der Waals surface area (Å²) in [5, 5.41) is 0.160. The molecule has 1 atom stereocenters. The molecule has 0 N–H and O–H groups in total. The summed E-state index contributed by atoms with van der Waals surface area (Å²) in [5.41, 5.74) is 0. The molecule has 0 bridgehead atoms. The Kier molecular flexibility index (Phi) is 7.40. The molecule has 0 fully saturated rings. The van der Waals surface area contributed by atoms with E-state index in [1.807, 2.05) is 0 Å². The molecule has 0 saturated carbocycles. The molecule has 0 amide bonds. The molecule has 0 saturated heterocycles. The van der Waals surface area contributed by atoms with Gasteiger partial charge in [0.15, 0.2) is 11.1 Å². The Morgan fingerprint density at radius 2 is 2.06 bits per heavy atom. The summed E-state index contributed by atoms with van der Waals surface area (Å²) in [4.78, 5) is 10.3. The van der Waals surface area contributed by atoms with E-state index in [1.54, 1.807) is 0 Å². The number of rotatable bonds is 6. The first kappa shape index (κ1) is 16.4. The van der Waals surface area contributed by atoms with Crippen molar-refractivity contribution in [2.75, 3.05) is 19.5 Å². The third-order valence-corrected chi connectivity index (χ3v) is 2.75. The molecule has 0 aromatic heterocycles. The van der Waals surface area contributed by atoms with Gasteiger partial charge in [0.2, 0.25) is 0 Å². The number of alkyl halides is 3. The maximum atomic E-state index is 11.7. The summed E-state index contributed by atoms with van der Waals surface area (Å²) in [6.45, 7) is -0.450. The lowest BCUT2D eigenvalue weighted by Crippen LogP contribution is -2.25. The van der Waals surface area contributed by atoms with Crippen LogP contribution in [0.4, 0.5) is 13.2 Å². The molecule has 1 unspecified atom stereocenters. The van der Waals surface area contributed by atoms with Crippen LogP contribution < -0.4 is 0 Å². The number of ether oxygens (including phenoxy) is 1. The van der Waals surface area contributed by atoms with Crippen LogP contribution in [0, 0.1) is 0 Å². The van der Waals surface area contributed by atoms with Crippen LogP contribution in [0.25, 0.3) is 0 Å². The van der Waals surface area contributed by atoms with Crippen molar-refractivity contribution in [1.29, 1.82) is 0 Å². The normalized spacial score (nSPS) is 14.5. The van der Waals surface area contributed by atoms with Crippen molar-refractivity contribution in [2.24, 2.45) is 0 Å². The van der Waals surface area contributed by atoms with Crippen LogP contribution in [0.5, 0.6) is 0 Å². The first-order valence-electron chi connectivity index (χ1n) is 4.28. The number of esters is 1. The van der Waals surface area contributed by atoms with Gasteiger partial charge in [-0.25, -0.2) is 9.00 Å². The van der Waals surface area contributed by atoms with E-state index in [-0.39, 0.29) is 17.2 Å². The average Bonchev–Trinajstić information content (AvgIpc) is 2.22. The Bertz CT molecular complexity index is 316. The third kappa shape index (κ3) is 8.17. The van der Waals surface area contributed by atoms with Crippen LogP contribution in [0.1, 0.15) is 6.42 Å². The predicted octanol–water partition coefficient (Wildman–Crippen LogP) is 1.91. The molecule has 0 rings (SSSR count). The molecule has 0 heterocycles. The highest BCUT2D eigenvalue weighted by atomic mass is 35.5. The molecular formula is C8H10ClF3O4S. The van der Waals surface area contributed by atoms with Crippen molar-refractivity contribution < 1.29 is 31.1 Å². The second-order valence-corrected chi connectivity index (χ2v) is 4.40. The second-order valence-electron chi connectivity index (χ2n) is 2.69. The van der Waals surface area contributed by atoms with Gasteiger partial charge >= 0.3 is 12.1 Å². The van der Waals surface area contributed by atoms with Gasteiger partial charge in [0.1, 0.15) is 0 Å². The Morgan fingerprint density at radius 3 is 2.53 bits per heavy atom. The first-order valence-corrected chi connectivity index (χ1v) is 5.91. The standard InChI is InChI=1S/C8H10ClF3O4S/c1-15-17(14)5-6(9)3-2-4-16-7(13)8(10,11)12/h3H,2,4-5H2,1H3/b6-3-. The summed E-state index contributed by atoms with van der Waals surface area (Å²) >= 11 is 4.01. The molecule has 17 heavy (non-hydrogen) atoms. The van der Waals surface area contributed by atoms with Gasteiger partial charge in [-0.3, -0.25) is 4.18 Å². The zero-order chi connectivity index (χ0) is 13.5. The van der Waals surface area contributed by atoms with Crippen LogP contribution in [0.2, 0.25) is 0 Å². The second kappa shape index (κ2) is 7.67. The van der Waals surface area contributed by atoms with E-state index in [0.29, 0.717) is 0 Å². The van der Waals surface area contributed by atoms with E-state index in [4.69, 9.17) is 11.6 Å². The average molecular weight is 295 g/mol. The zero-order valence-electron chi connectivity index (χ0n) is 8.75. The monoisotopic (exact) mass is 294 g/mol. The van der Waals surface area contributed by atoms with Crippen molar-refractivity contribution in [2.45, 2.75) is 12.6 Å². The molecule has 0 aliphatic carbocycles. The van der Waals surface area contributed by atoms with Gasteiger partial charge in [-0.15, -0.1) is 0 Å². The number of halogens is 4. The fraction of sp³-hybridized carbons (Fsp3) is 0.625. The SMILES string of the molecule is COS(=O)C/C(Cl)=C/CCOC(=O)C(F)(F)F. The van der Waals surface area contributed by atoms with Crippen molar-refractivity contribution in [3.63, 3.8) is 0 Å². The maximum absolute atomic E-state index is 11.7. The summed E-state index contributed by atoms with van der Waals surface area (Å²) in [6.07, 6.45) is -3.69. The van der Waals surface area contributed by atoms with E-state index >= 15 is 0 Å². The summed E-state index contributed by atoms with van der Waals surface area (Å²) in [5.74, 6) is -2.31. The van der Waals surface area contributed by atoms with Crippen molar-refractivity contribution >= 4 is 28.7 Å². The fourth-order valence-electron chi connectivity index (χ4n) is 0.679. The highest BCUT2D eigenvalue weighted by Crippen LogP contribution is 2.16. The smallest absolute Gasteiger partial charge is 0.459 e. The third-order valence-electron chi connectivity index (χ3n) is 1.39. The van der Waals surface area contributed by atoms with Gasteiger partial charge < -0.3 is 4.74 Å². The van der Waals surface area contributed by atoms with E-state index in [1.165, 1.54) is 13.2 Å². The molecule has 100 valence electrons. The van der Waals surface area contributed by atoms with E-state index in [0.717, 1.165) is 0 Å². The lowest BCUT2D eigenvalue weighted by atomic mass is 10.4. The quantitative estimate of drug-likeness (QED) is 0.555. The Hall–Kier alpha value is -0.600. The van der Waals surface area contributed by atoms with E-state index < -0.39 is 29.8 Å². The van der Waals surface area contributed by atoms with Crippen LogP contribution in [-0.2, 0) is 24.8 Å². The topological polar surface area (TPSA) is 52.6 Å². The lowest BCUT2D eigenvalue weighted by molar-refractivity contribution is -0.199. The molecule has 0 aliphatic rings. The molecule has 0 aliphatic heterocycles. The van der Waals surface area contributed by atoms with Crippen molar-refractivity contribution in [1.82, 2.24) is 0 Å². The molecule has 4 nitrogen and oxygen atoms in total. The Labute approximate surface area is 103 Å². The number of carbonyl (C=O) groups is 1. The summed E-state index contributed by atoms with van der Waals surface area (Å²) in [7, 11) is 1.23. The van der Waals surface area contributed by atoms with Gasteiger partial charge in [-0.05, 0) is 0 Å². The summed E-state index contributed by atoms with van der Waals surface area (Å²) < 4.78 is 54.2. The predicted molar refractivity (Wildman–Crippen MR) is 55.6 cm³/mol. The largest absolute Gasteiger partial charge is 0.490 e. The van der Waals surface area contributed by atoms with Crippen molar-refractivity contribution in [3.05, 3.63) is 11.1 Å². The molecule has 0 radical (unpaired) electrons. The zero-order valence-corrected chi connectivity index (χ0v) is 10.3. The van der Waals surface area contributed by atoms with Crippen molar-refractivity contribution in [3.8, 4) is 0 Å². The number of carbonyl (C=O) groups excluding carboxylic acids is 1.